The van der Waals surface area contributed by atoms with Gasteiger partial charge in [-0.15, -0.1) is 0 Å². The molecule has 1 aromatic carbocycles. The van der Waals surface area contributed by atoms with E-state index in [0.29, 0.717) is 19.1 Å². The topological polar surface area (TPSA) is 46.6 Å². The molecule has 0 saturated carbocycles. The van der Waals surface area contributed by atoms with Crippen LogP contribution in [-0.2, 0) is 20.9 Å². The third-order valence-corrected chi connectivity index (χ3v) is 5.85. The molecule has 2 aliphatic rings. The van der Waals surface area contributed by atoms with Crippen LogP contribution in [-0.4, -0.2) is 29.4 Å². The molecule has 0 aromatic heterocycles. The van der Waals surface area contributed by atoms with Crippen molar-refractivity contribution < 1.29 is 14.3 Å². The number of nitrogens with zero attached hydrogens (tertiary/aromatic N) is 1. The molecule has 1 aliphatic heterocycles. The lowest BCUT2D eigenvalue weighted by Gasteiger charge is -2.34. The number of carbonyl (C=O) groups excluding carboxylic acids is 2. The zero-order valence-corrected chi connectivity index (χ0v) is 16.1. The Balaban J connectivity index is 1.89. The highest BCUT2D eigenvalue weighted by atomic mass is 16.5. The normalized spacial score (nSPS) is 30.6. The summed E-state index contributed by atoms with van der Waals surface area (Å²) in [4.78, 5) is 27.7. The van der Waals surface area contributed by atoms with Crippen molar-refractivity contribution in [1.82, 2.24) is 4.90 Å². The van der Waals surface area contributed by atoms with E-state index in [0.717, 1.165) is 5.56 Å². The number of likely N-dealkylation sites (tertiary alicyclic amines) is 1. The lowest BCUT2D eigenvalue weighted by molar-refractivity contribution is -0.149. The van der Waals surface area contributed by atoms with Gasteiger partial charge in [-0.05, 0) is 24.3 Å². The minimum absolute atomic E-state index is 0.0430. The second-order valence-electron chi connectivity index (χ2n) is 7.81. The van der Waals surface area contributed by atoms with Gasteiger partial charge in [0.2, 0.25) is 5.91 Å². The molecule has 1 amide bonds. The van der Waals surface area contributed by atoms with E-state index in [4.69, 9.17) is 4.74 Å². The molecule has 0 bridgehead atoms. The Morgan fingerprint density at radius 2 is 1.88 bits per heavy atom. The summed E-state index contributed by atoms with van der Waals surface area (Å²) < 4.78 is 5.22. The van der Waals surface area contributed by atoms with Crippen LogP contribution in [0.2, 0.25) is 0 Å². The molecule has 140 valence electrons. The first-order chi connectivity index (χ1) is 12.5. The summed E-state index contributed by atoms with van der Waals surface area (Å²) in [7, 11) is 0. The lowest BCUT2D eigenvalue weighted by atomic mass is 9.70. The minimum atomic E-state index is -0.329. The number of carbonyl (C=O) groups is 2. The number of hydrogen-bond acceptors (Lipinski definition) is 3. The summed E-state index contributed by atoms with van der Waals surface area (Å²) in [6, 6.07) is 10.3. The third-order valence-electron chi connectivity index (χ3n) is 5.85. The average molecular weight is 355 g/mol. The van der Waals surface area contributed by atoms with Crippen LogP contribution in [0.3, 0.4) is 0 Å². The smallest absolute Gasteiger partial charge is 0.313 e. The third kappa shape index (κ3) is 3.29. The van der Waals surface area contributed by atoms with E-state index >= 15 is 0 Å². The van der Waals surface area contributed by atoms with Crippen molar-refractivity contribution in [2.45, 2.75) is 40.3 Å². The zero-order chi connectivity index (χ0) is 18.8. The first-order valence-corrected chi connectivity index (χ1v) is 9.65. The van der Waals surface area contributed by atoms with Gasteiger partial charge in [0, 0.05) is 18.5 Å². The Hall–Kier alpha value is -2.10. The van der Waals surface area contributed by atoms with Gasteiger partial charge < -0.3 is 9.64 Å². The summed E-state index contributed by atoms with van der Waals surface area (Å²) in [6.07, 6.45) is 4.07. The SMILES string of the molecule is CCOC(=O)[C@H]1C=C[C@@H]2[C@H](C(=O)N(Cc3ccccc3)[C@H]2C(C)C)[C@H]1C. The van der Waals surface area contributed by atoms with Gasteiger partial charge in [0.25, 0.3) is 0 Å². The Morgan fingerprint density at radius 1 is 1.19 bits per heavy atom. The number of ether oxygens (including phenoxy) is 1. The Morgan fingerprint density at radius 3 is 2.50 bits per heavy atom. The van der Waals surface area contributed by atoms with E-state index in [1.54, 1.807) is 0 Å². The van der Waals surface area contributed by atoms with Crippen molar-refractivity contribution >= 4 is 11.9 Å². The summed E-state index contributed by atoms with van der Waals surface area (Å²) in [6.45, 7) is 9.18. The van der Waals surface area contributed by atoms with E-state index in [2.05, 4.69) is 32.1 Å². The molecule has 0 unspecified atom stereocenters. The maximum absolute atomic E-state index is 13.3. The number of amides is 1. The minimum Gasteiger partial charge on any atom is -0.466 e. The Labute approximate surface area is 156 Å². The van der Waals surface area contributed by atoms with Gasteiger partial charge in [0.15, 0.2) is 0 Å². The van der Waals surface area contributed by atoms with Crippen LogP contribution in [0.25, 0.3) is 0 Å². The summed E-state index contributed by atoms with van der Waals surface area (Å²) in [5.41, 5.74) is 1.14. The molecule has 4 nitrogen and oxygen atoms in total. The molecule has 1 aromatic rings. The van der Waals surface area contributed by atoms with Crippen LogP contribution in [0.4, 0.5) is 0 Å². The van der Waals surface area contributed by atoms with Gasteiger partial charge in [0.1, 0.15) is 0 Å². The molecular formula is C22H29NO3. The fourth-order valence-electron chi connectivity index (χ4n) is 4.68. The highest BCUT2D eigenvalue weighted by molar-refractivity contribution is 5.85. The van der Waals surface area contributed by atoms with E-state index < -0.39 is 0 Å². The van der Waals surface area contributed by atoms with Gasteiger partial charge >= 0.3 is 5.97 Å². The van der Waals surface area contributed by atoms with Crippen LogP contribution in [0, 0.1) is 29.6 Å². The molecule has 1 aliphatic carbocycles. The maximum Gasteiger partial charge on any atom is 0.313 e. The maximum atomic E-state index is 13.3. The second kappa shape index (κ2) is 7.65. The van der Waals surface area contributed by atoms with Crippen molar-refractivity contribution in [2.75, 3.05) is 6.61 Å². The molecule has 1 fully saturated rings. The van der Waals surface area contributed by atoms with Gasteiger partial charge in [-0.2, -0.15) is 0 Å². The fraction of sp³-hybridized carbons (Fsp3) is 0.545. The van der Waals surface area contributed by atoms with E-state index in [1.807, 2.05) is 43.0 Å². The van der Waals surface area contributed by atoms with E-state index in [-0.39, 0.29) is 41.6 Å². The van der Waals surface area contributed by atoms with Crippen molar-refractivity contribution in [2.24, 2.45) is 29.6 Å². The molecule has 0 radical (unpaired) electrons. The lowest BCUT2D eigenvalue weighted by Crippen LogP contribution is -2.38. The van der Waals surface area contributed by atoms with Crippen LogP contribution >= 0.6 is 0 Å². The molecule has 26 heavy (non-hydrogen) atoms. The molecule has 5 atom stereocenters. The molecule has 3 rings (SSSR count). The molecule has 0 N–H and O–H groups in total. The summed E-state index contributed by atoms with van der Waals surface area (Å²) in [5.74, 6) is -0.0527. The number of hydrogen-bond donors (Lipinski definition) is 0. The summed E-state index contributed by atoms with van der Waals surface area (Å²) in [5, 5.41) is 0. The Kier molecular flexibility index (Phi) is 5.49. The molecule has 4 heteroatoms. The van der Waals surface area contributed by atoms with Crippen LogP contribution in [0.15, 0.2) is 42.5 Å². The summed E-state index contributed by atoms with van der Waals surface area (Å²) >= 11 is 0. The quantitative estimate of drug-likeness (QED) is 0.598. The second-order valence-corrected chi connectivity index (χ2v) is 7.81. The molecular weight excluding hydrogens is 326 g/mol. The molecule has 0 spiro atoms. The predicted octanol–water partition coefficient (Wildman–Crippen LogP) is 3.67. The van der Waals surface area contributed by atoms with Crippen LogP contribution < -0.4 is 0 Å². The predicted molar refractivity (Wildman–Crippen MR) is 101 cm³/mol. The van der Waals surface area contributed by atoms with E-state index in [1.165, 1.54) is 0 Å². The molecule has 1 heterocycles. The largest absolute Gasteiger partial charge is 0.466 e. The number of benzene rings is 1. The monoisotopic (exact) mass is 355 g/mol. The Bertz CT molecular complexity index is 682. The molecule has 1 saturated heterocycles. The highest BCUT2D eigenvalue weighted by Gasteiger charge is 2.53. The van der Waals surface area contributed by atoms with E-state index in [9.17, 15) is 9.59 Å². The standard InChI is InChI=1S/C22H29NO3/c1-5-26-22(25)17-11-12-18-19(15(17)4)21(24)23(20(18)14(2)3)13-16-9-7-6-8-10-16/h6-12,14-15,17-20H,5,13H2,1-4H3/t15-,17-,18+,19+,20-/m0/s1. The van der Waals surface area contributed by atoms with Crippen molar-refractivity contribution in [3.8, 4) is 0 Å². The fourth-order valence-corrected chi connectivity index (χ4v) is 4.68. The number of esters is 1. The van der Waals surface area contributed by atoms with Gasteiger partial charge in [-0.25, -0.2) is 0 Å². The highest BCUT2D eigenvalue weighted by Crippen LogP contribution is 2.46. The number of fused-ring (bicyclic) bond motifs is 1. The number of rotatable bonds is 5. The van der Waals surface area contributed by atoms with Crippen molar-refractivity contribution in [3.63, 3.8) is 0 Å². The van der Waals surface area contributed by atoms with Gasteiger partial charge in [-0.1, -0.05) is 63.3 Å². The average Bonchev–Trinajstić information content (AvgIpc) is 2.89. The first-order valence-electron chi connectivity index (χ1n) is 9.65. The van der Waals surface area contributed by atoms with Crippen LogP contribution in [0.5, 0.6) is 0 Å². The van der Waals surface area contributed by atoms with Gasteiger partial charge in [0.05, 0.1) is 18.4 Å². The van der Waals surface area contributed by atoms with Crippen molar-refractivity contribution in [1.29, 1.82) is 0 Å². The van der Waals surface area contributed by atoms with Crippen molar-refractivity contribution in [3.05, 3.63) is 48.0 Å². The first kappa shape index (κ1) is 18.7. The van der Waals surface area contributed by atoms with Gasteiger partial charge in [-0.3, -0.25) is 9.59 Å². The van der Waals surface area contributed by atoms with Crippen LogP contribution in [0.1, 0.15) is 33.3 Å². The zero-order valence-electron chi connectivity index (χ0n) is 16.1.